The lowest BCUT2D eigenvalue weighted by Crippen LogP contribution is -2.03. The summed E-state index contributed by atoms with van der Waals surface area (Å²) in [5.74, 6) is 0. The zero-order valence-electron chi connectivity index (χ0n) is 27.4. The van der Waals surface area contributed by atoms with Gasteiger partial charge in [0.25, 0.3) is 10.1 Å². The Morgan fingerprint density at radius 1 is 0.476 bits per heavy atom. The topological polar surface area (TPSA) is 54.4 Å². The van der Waals surface area contributed by atoms with Crippen molar-refractivity contribution >= 4 is 20.9 Å². The fourth-order valence-electron chi connectivity index (χ4n) is 6.46. The third-order valence-electron chi connectivity index (χ3n) is 9.06. The fourth-order valence-corrected chi connectivity index (χ4v) is 7.20. The molecule has 2 aromatic carbocycles. The first-order chi connectivity index (χ1) is 20.5. The second-order valence-corrected chi connectivity index (χ2v) is 14.2. The molecule has 0 amide bonds. The number of rotatable bonds is 27. The van der Waals surface area contributed by atoms with Gasteiger partial charge in [0.15, 0.2) is 0 Å². The Bertz CT molecular complexity index is 1060. The van der Waals surface area contributed by atoms with Crippen molar-refractivity contribution in [3.63, 3.8) is 0 Å². The second kappa shape index (κ2) is 23.1. The molecule has 0 unspecified atom stereocenters. The van der Waals surface area contributed by atoms with Crippen LogP contribution in [-0.2, 0) is 23.0 Å². The van der Waals surface area contributed by atoms with Gasteiger partial charge in [-0.15, -0.1) is 0 Å². The summed E-state index contributed by atoms with van der Waals surface area (Å²) in [4.78, 5) is 0.0745. The van der Waals surface area contributed by atoms with Gasteiger partial charge in [-0.25, -0.2) is 0 Å². The zero-order valence-corrected chi connectivity index (χ0v) is 28.3. The quantitative estimate of drug-likeness (QED) is 0.0819. The Morgan fingerprint density at radius 2 is 0.857 bits per heavy atom. The molecule has 0 aliphatic heterocycles. The number of benzene rings is 2. The van der Waals surface area contributed by atoms with Crippen LogP contribution in [0.15, 0.2) is 35.2 Å². The first-order valence-electron chi connectivity index (χ1n) is 18.0. The Hall–Kier alpha value is -1.39. The van der Waals surface area contributed by atoms with Crippen molar-refractivity contribution in [3.8, 4) is 0 Å². The van der Waals surface area contributed by atoms with Crippen LogP contribution in [0.3, 0.4) is 0 Å². The molecule has 3 nitrogen and oxygen atoms in total. The molecule has 0 radical (unpaired) electrons. The minimum absolute atomic E-state index is 0.0745. The molecular formula is C38H64O3S. The van der Waals surface area contributed by atoms with E-state index in [9.17, 15) is 13.0 Å². The smallest absolute Gasteiger partial charge is 0.282 e. The maximum atomic E-state index is 12.3. The number of unbranched alkanes of at least 4 members (excludes halogenated alkanes) is 22. The molecule has 0 bridgehead atoms. The van der Waals surface area contributed by atoms with Gasteiger partial charge in [0.05, 0.1) is 0 Å². The van der Waals surface area contributed by atoms with Gasteiger partial charge in [0, 0.05) is 5.39 Å². The highest BCUT2D eigenvalue weighted by Gasteiger charge is 2.18. The predicted molar refractivity (Wildman–Crippen MR) is 183 cm³/mol. The SMILES string of the molecule is CCCCCCCCCCCCCCc1ccc(S(=O)(=O)O)c2c(CCCCCCCCCCCCCC)cccc12. The maximum absolute atomic E-state index is 12.3. The molecule has 0 heterocycles. The summed E-state index contributed by atoms with van der Waals surface area (Å²) < 4.78 is 34.7. The number of hydrogen-bond acceptors (Lipinski definition) is 2. The summed E-state index contributed by atoms with van der Waals surface area (Å²) >= 11 is 0. The molecule has 42 heavy (non-hydrogen) atoms. The average Bonchev–Trinajstić information content (AvgIpc) is 2.97. The lowest BCUT2D eigenvalue weighted by atomic mass is 9.94. The Morgan fingerprint density at radius 3 is 1.26 bits per heavy atom. The Labute approximate surface area is 260 Å². The van der Waals surface area contributed by atoms with Gasteiger partial charge in [-0.2, -0.15) is 8.42 Å². The van der Waals surface area contributed by atoms with E-state index >= 15 is 0 Å². The third kappa shape index (κ3) is 15.4. The fraction of sp³-hybridized carbons (Fsp3) is 0.737. The normalized spacial score (nSPS) is 12.0. The summed E-state index contributed by atoms with van der Waals surface area (Å²) in [6.45, 7) is 4.54. The van der Waals surface area contributed by atoms with Crippen molar-refractivity contribution in [3.05, 3.63) is 41.5 Å². The molecule has 2 rings (SSSR count). The van der Waals surface area contributed by atoms with Gasteiger partial charge in [-0.05, 0) is 48.3 Å². The number of hydrogen-bond donors (Lipinski definition) is 1. The van der Waals surface area contributed by atoms with E-state index in [2.05, 4.69) is 26.0 Å². The van der Waals surface area contributed by atoms with E-state index in [0.717, 1.165) is 42.0 Å². The van der Waals surface area contributed by atoms with Crippen molar-refractivity contribution in [2.24, 2.45) is 0 Å². The summed E-state index contributed by atoms with van der Waals surface area (Å²) in [6.07, 6.45) is 33.5. The van der Waals surface area contributed by atoms with E-state index in [4.69, 9.17) is 0 Å². The first-order valence-corrected chi connectivity index (χ1v) is 19.4. The monoisotopic (exact) mass is 600 g/mol. The van der Waals surface area contributed by atoms with E-state index in [1.165, 1.54) is 147 Å². The minimum atomic E-state index is -4.27. The van der Waals surface area contributed by atoms with Gasteiger partial charge < -0.3 is 0 Å². The van der Waals surface area contributed by atoms with Crippen LogP contribution in [-0.4, -0.2) is 13.0 Å². The molecule has 0 fully saturated rings. The van der Waals surface area contributed by atoms with Gasteiger partial charge in [-0.3, -0.25) is 4.55 Å². The number of aryl methyl sites for hydroxylation is 2. The van der Waals surface area contributed by atoms with Crippen molar-refractivity contribution in [2.75, 3.05) is 0 Å². The first kappa shape index (κ1) is 36.8. The standard InChI is InChI=1S/C38H64O3S/c1-3-5-7-9-11-13-15-17-19-21-23-25-28-34-32-33-37(42(39,40)41)38-35(30-27-31-36(34)38)29-26-24-22-20-18-16-14-12-10-8-6-4-2/h27,30-33H,3-26,28-29H2,1-2H3,(H,39,40,41). The molecule has 0 saturated heterocycles. The van der Waals surface area contributed by atoms with Crippen LogP contribution >= 0.6 is 0 Å². The highest BCUT2D eigenvalue weighted by molar-refractivity contribution is 7.86. The molecule has 0 saturated carbocycles. The van der Waals surface area contributed by atoms with Crippen molar-refractivity contribution in [1.29, 1.82) is 0 Å². The molecule has 240 valence electrons. The van der Waals surface area contributed by atoms with Crippen molar-refractivity contribution < 1.29 is 13.0 Å². The lowest BCUT2D eigenvalue weighted by Gasteiger charge is -2.14. The van der Waals surface area contributed by atoms with E-state index in [0.29, 0.717) is 0 Å². The molecule has 0 spiro atoms. The van der Waals surface area contributed by atoms with Crippen molar-refractivity contribution in [2.45, 2.75) is 186 Å². The van der Waals surface area contributed by atoms with Crippen LogP contribution in [0.4, 0.5) is 0 Å². The second-order valence-electron chi connectivity index (χ2n) is 12.8. The molecular weight excluding hydrogens is 536 g/mol. The maximum Gasteiger partial charge on any atom is 0.295 e. The van der Waals surface area contributed by atoms with Crippen LogP contribution in [0, 0.1) is 0 Å². The third-order valence-corrected chi connectivity index (χ3v) is 9.95. The largest absolute Gasteiger partial charge is 0.295 e. The summed E-state index contributed by atoms with van der Waals surface area (Å²) in [7, 11) is -4.27. The highest BCUT2D eigenvalue weighted by atomic mass is 32.2. The predicted octanol–water partition coefficient (Wildman–Crippen LogP) is 12.6. The summed E-state index contributed by atoms with van der Waals surface area (Å²) in [6, 6.07) is 9.74. The average molecular weight is 601 g/mol. The molecule has 2 aromatic rings. The van der Waals surface area contributed by atoms with E-state index < -0.39 is 10.1 Å². The van der Waals surface area contributed by atoms with E-state index in [-0.39, 0.29) is 4.90 Å². The summed E-state index contributed by atoms with van der Waals surface area (Å²) in [5.41, 5.74) is 2.27. The molecule has 0 aliphatic carbocycles. The minimum Gasteiger partial charge on any atom is -0.282 e. The zero-order chi connectivity index (χ0) is 30.3. The lowest BCUT2D eigenvalue weighted by molar-refractivity contribution is 0.484. The number of fused-ring (bicyclic) bond motifs is 1. The van der Waals surface area contributed by atoms with Crippen LogP contribution in [0.2, 0.25) is 0 Å². The van der Waals surface area contributed by atoms with Gasteiger partial charge in [0.2, 0.25) is 0 Å². The molecule has 0 aliphatic rings. The highest BCUT2D eigenvalue weighted by Crippen LogP contribution is 2.31. The molecule has 1 N–H and O–H groups in total. The van der Waals surface area contributed by atoms with Crippen LogP contribution in [0.25, 0.3) is 10.8 Å². The Kier molecular flexibility index (Phi) is 20.2. The molecule has 0 aromatic heterocycles. The van der Waals surface area contributed by atoms with Gasteiger partial charge in [-0.1, -0.05) is 179 Å². The van der Waals surface area contributed by atoms with Gasteiger partial charge >= 0.3 is 0 Å². The van der Waals surface area contributed by atoms with E-state index in [1.807, 2.05) is 12.1 Å². The van der Waals surface area contributed by atoms with Crippen LogP contribution in [0.5, 0.6) is 0 Å². The van der Waals surface area contributed by atoms with Crippen LogP contribution < -0.4 is 0 Å². The van der Waals surface area contributed by atoms with Crippen LogP contribution in [0.1, 0.15) is 179 Å². The Balaban J connectivity index is 1.78. The molecule has 4 heteroatoms. The van der Waals surface area contributed by atoms with Crippen molar-refractivity contribution in [1.82, 2.24) is 0 Å². The summed E-state index contributed by atoms with van der Waals surface area (Å²) in [5, 5.41) is 1.75. The van der Waals surface area contributed by atoms with Gasteiger partial charge in [0.1, 0.15) is 4.90 Å². The van der Waals surface area contributed by atoms with E-state index in [1.54, 1.807) is 6.07 Å². The molecule has 0 atom stereocenters.